The molecular weight excluding hydrogens is 314 g/mol. The molecule has 1 aliphatic heterocycles. The Balaban J connectivity index is 1.57. The zero-order valence-corrected chi connectivity index (χ0v) is 13.4. The number of amides is 1. The van der Waals surface area contributed by atoms with Crippen molar-refractivity contribution in [2.45, 2.75) is 19.4 Å². The van der Waals surface area contributed by atoms with Gasteiger partial charge in [-0.2, -0.15) is 0 Å². The molecule has 0 spiro atoms. The summed E-state index contributed by atoms with van der Waals surface area (Å²) < 4.78 is 11.2. The Bertz CT molecular complexity index is 702. The molecule has 0 bridgehead atoms. The second-order valence-corrected chi connectivity index (χ2v) is 5.85. The quantitative estimate of drug-likeness (QED) is 0.934. The second-order valence-electron chi connectivity index (χ2n) is 5.41. The van der Waals surface area contributed by atoms with E-state index in [1.165, 1.54) is 0 Å². The van der Waals surface area contributed by atoms with E-state index >= 15 is 0 Å². The number of carbonyl (C=O) groups excluding carboxylic acids is 1. The molecule has 1 amide bonds. The summed E-state index contributed by atoms with van der Waals surface area (Å²) in [4.78, 5) is 12.0. The second kappa shape index (κ2) is 7.38. The summed E-state index contributed by atoms with van der Waals surface area (Å²) in [5.41, 5.74) is 1.88. The van der Waals surface area contributed by atoms with Gasteiger partial charge >= 0.3 is 0 Å². The van der Waals surface area contributed by atoms with Gasteiger partial charge in [0.2, 0.25) is 5.91 Å². The lowest BCUT2D eigenvalue weighted by Crippen LogP contribution is -2.24. The number of benzene rings is 2. The van der Waals surface area contributed by atoms with Crippen LogP contribution in [0.2, 0.25) is 5.02 Å². The highest BCUT2D eigenvalue weighted by Gasteiger charge is 2.11. The van der Waals surface area contributed by atoms with Gasteiger partial charge in [0.25, 0.3) is 0 Å². The largest absolute Gasteiger partial charge is 0.490 e. The fourth-order valence-electron chi connectivity index (χ4n) is 2.41. The van der Waals surface area contributed by atoms with Crippen LogP contribution in [0.5, 0.6) is 11.5 Å². The highest BCUT2D eigenvalue weighted by molar-refractivity contribution is 6.30. The first-order valence-electron chi connectivity index (χ1n) is 7.60. The van der Waals surface area contributed by atoms with E-state index in [4.69, 9.17) is 21.1 Å². The van der Waals surface area contributed by atoms with E-state index in [0.717, 1.165) is 29.0 Å². The Labute approximate surface area is 140 Å². The van der Waals surface area contributed by atoms with Crippen LogP contribution in [0.4, 0.5) is 0 Å². The van der Waals surface area contributed by atoms with Crippen molar-refractivity contribution in [3.63, 3.8) is 0 Å². The van der Waals surface area contributed by atoms with Crippen LogP contribution in [0.25, 0.3) is 0 Å². The van der Waals surface area contributed by atoms with Gasteiger partial charge in [-0.3, -0.25) is 4.79 Å². The molecular formula is C18H18ClNO3. The summed E-state index contributed by atoms with van der Waals surface area (Å²) in [6.45, 7) is 1.77. The molecule has 2 aromatic rings. The van der Waals surface area contributed by atoms with Gasteiger partial charge < -0.3 is 14.8 Å². The third-order valence-electron chi connectivity index (χ3n) is 3.56. The van der Waals surface area contributed by atoms with E-state index in [1.54, 1.807) is 12.1 Å². The Morgan fingerprint density at radius 1 is 1.04 bits per heavy atom. The molecule has 0 unspecified atom stereocenters. The van der Waals surface area contributed by atoms with E-state index < -0.39 is 0 Å². The SMILES string of the molecule is O=C(Cc1cccc(Cl)c1)NCc1ccc2c(c1)OCCCO2. The van der Waals surface area contributed by atoms with Crippen molar-refractivity contribution in [2.75, 3.05) is 13.2 Å². The highest BCUT2D eigenvalue weighted by atomic mass is 35.5. The minimum atomic E-state index is -0.0422. The number of halogens is 1. The Kier molecular flexibility index (Phi) is 5.03. The number of carbonyl (C=O) groups is 1. The van der Waals surface area contributed by atoms with Gasteiger partial charge in [0, 0.05) is 18.0 Å². The molecule has 0 aromatic heterocycles. The van der Waals surface area contributed by atoms with E-state index in [9.17, 15) is 4.79 Å². The molecule has 4 nitrogen and oxygen atoms in total. The average Bonchev–Trinajstić information content (AvgIpc) is 2.77. The molecule has 0 atom stereocenters. The van der Waals surface area contributed by atoms with Crippen molar-refractivity contribution < 1.29 is 14.3 Å². The molecule has 0 fully saturated rings. The molecule has 120 valence electrons. The molecule has 0 radical (unpaired) electrons. The minimum absolute atomic E-state index is 0.0422. The Hall–Kier alpha value is -2.20. The van der Waals surface area contributed by atoms with Crippen LogP contribution in [0.15, 0.2) is 42.5 Å². The van der Waals surface area contributed by atoms with Crippen molar-refractivity contribution in [3.05, 3.63) is 58.6 Å². The summed E-state index contributed by atoms with van der Waals surface area (Å²) in [6, 6.07) is 13.1. The van der Waals surface area contributed by atoms with Crippen LogP contribution >= 0.6 is 11.6 Å². The summed E-state index contributed by atoms with van der Waals surface area (Å²) >= 11 is 5.92. The third-order valence-corrected chi connectivity index (χ3v) is 3.79. The van der Waals surface area contributed by atoms with E-state index in [-0.39, 0.29) is 5.91 Å². The first-order valence-corrected chi connectivity index (χ1v) is 7.98. The molecule has 2 aromatic carbocycles. The zero-order chi connectivity index (χ0) is 16.1. The molecule has 1 heterocycles. The first kappa shape index (κ1) is 15.7. The molecule has 3 rings (SSSR count). The number of nitrogens with one attached hydrogen (secondary N) is 1. The van der Waals surface area contributed by atoms with E-state index in [1.807, 2.05) is 30.3 Å². The van der Waals surface area contributed by atoms with Crippen LogP contribution in [0, 0.1) is 0 Å². The molecule has 23 heavy (non-hydrogen) atoms. The van der Waals surface area contributed by atoms with Crippen molar-refractivity contribution >= 4 is 17.5 Å². The number of hydrogen-bond acceptors (Lipinski definition) is 3. The zero-order valence-electron chi connectivity index (χ0n) is 12.7. The van der Waals surface area contributed by atoms with Gasteiger partial charge in [0.15, 0.2) is 11.5 Å². The minimum Gasteiger partial charge on any atom is -0.490 e. The maximum atomic E-state index is 12.0. The van der Waals surface area contributed by atoms with Crippen molar-refractivity contribution in [1.29, 1.82) is 0 Å². The predicted molar refractivity (Wildman–Crippen MR) is 89.1 cm³/mol. The highest BCUT2D eigenvalue weighted by Crippen LogP contribution is 2.30. The number of ether oxygens (including phenoxy) is 2. The molecule has 1 N–H and O–H groups in total. The van der Waals surface area contributed by atoms with Gasteiger partial charge in [-0.15, -0.1) is 0 Å². The van der Waals surface area contributed by atoms with Gasteiger partial charge in [0.1, 0.15) is 0 Å². The van der Waals surface area contributed by atoms with Crippen molar-refractivity contribution in [1.82, 2.24) is 5.32 Å². The third kappa shape index (κ3) is 4.39. The lowest BCUT2D eigenvalue weighted by atomic mass is 10.1. The molecule has 5 heteroatoms. The maximum Gasteiger partial charge on any atom is 0.224 e. The number of fused-ring (bicyclic) bond motifs is 1. The van der Waals surface area contributed by atoms with E-state index in [0.29, 0.717) is 31.2 Å². The predicted octanol–water partition coefficient (Wildman–Crippen LogP) is 3.36. The van der Waals surface area contributed by atoms with Gasteiger partial charge in [-0.25, -0.2) is 0 Å². The van der Waals surface area contributed by atoms with Gasteiger partial charge in [-0.05, 0) is 35.4 Å². The summed E-state index contributed by atoms with van der Waals surface area (Å²) in [5, 5.41) is 3.55. The fourth-order valence-corrected chi connectivity index (χ4v) is 2.63. The summed E-state index contributed by atoms with van der Waals surface area (Å²) in [5.74, 6) is 1.46. The topological polar surface area (TPSA) is 47.6 Å². The molecule has 0 saturated heterocycles. The average molecular weight is 332 g/mol. The standard InChI is InChI=1S/C18H18ClNO3/c19-15-4-1-3-13(9-15)11-18(21)20-12-14-5-6-16-17(10-14)23-8-2-7-22-16/h1,3-6,9-10H,2,7-8,11-12H2,(H,20,21). The lowest BCUT2D eigenvalue weighted by molar-refractivity contribution is -0.120. The van der Waals surface area contributed by atoms with Crippen LogP contribution in [-0.2, 0) is 17.8 Å². The van der Waals surface area contributed by atoms with Crippen molar-refractivity contribution in [2.24, 2.45) is 0 Å². The van der Waals surface area contributed by atoms with Gasteiger partial charge in [0.05, 0.1) is 19.6 Å². The monoisotopic (exact) mass is 331 g/mol. The Morgan fingerprint density at radius 3 is 2.70 bits per heavy atom. The summed E-state index contributed by atoms with van der Waals surface area (Å²) in [7, 11) is 0. The van der Waals surface area contributed by atoms with Crippen LogP contribution < -0.4 is 14.8 Å². The fraction of sp³-hybridized carbons (Fsp3) is 0.278. The smallest absolute Gasteiger partial charge is 0.224 e. The lowest BCUT2D eigenvalue weighted by Gasteiger charge is -2.10. The van der Waals surface area contributed by atoms with Crippen LogP contribution in [-0.4, -0.2) is 19.1 Å². The molecule has 1 aliphatic rings. The normalized spacial score (nSPS) is 13.3. The van der Waals surface area contributed by atoms with Crippen LogP contribution in [0.3, 0.4) is 0 Å². The molecule has 0 aliphatic carbocycles. The maximum absolute atomic E-state index is 12.0. The van der Waals surface area contributed by atoms with Gasteiger partial charge in [-0.1, -0.05) is 29.8 Å². The summed E-state index contributed by atoms with van der Waals surface area (Å²) in [6.07, 6.45) is 1.19. The van der Waals surface area contributed by atoms with Crippen LogP contribution in [0.1, 0.15) is 17.5 Å². The number of hydrogen-bond donors (Lipinski definition) is 1. The first-order chi connectivity index (χ1) is 11.2. The van der Waals surface area contributed by atoms with E-state index in [2.05, 4.69) is 5.32 Å². The number of rotatable bonds is 4. The van der Waals surface area contributed by atoms with Crippen molar-refractivity contribution in [3.8, 4) is 11.5 Å². The molecule has 0 saturated carbocycles. The Morgan fingerprint density at radius 2 is 1.87 bits per heavy atom.